The number of ketones is 2. The number of hydrogen-bond acceptors (Lipinski definition) is 2. The summed E-state index contributed by atoms with van der Waals surface area (Å²) in [4.78, 5) is 26.6. The SMILES string of the molecule is Cc1cc(C(=O)CC2CCCC(C(C)(C)C)CC2)cc(C(=O)CC2CCCC(C(C)(C)C)CC2)c1. The largest absolute Gasteiger partial charge is 0.294 e. The minimum atomic E-state index is 0.226. The van der Waals surface area contributed by atoms with Crippen LogP contribution in [0, 0.1) is 41.4 Å². The molecule has 0 radical (unpaired) electrons. The molecule has 0 spiro atoms. The van der Waals surface area contributed by atoms with Gasteiger partial charge in [-0.3, -0.25) is 9.59 Å². The zero-order valence-corrected chi connectivity index (χ0v) is 23.8. The van der Waals surface area contributed by atoms with Crippen molar-refractivity contribution in [2.24, 2.45) is 34.5 Å². The molecule has 3 rings (SSSR count). The fourth-order valence-electron chi connectivity index (χ4n) is 6.76. The van der Waals surface area contributed by atoms with E-state index in [-0.39, 0.29) is 11.6 Å². The van der Waals surface area contributed by atoms with Crippen LogP contribution in [0.15, 0.2) is 18.2 Å². The van der Waals surface area contributed by atoms with E-state index in [0.29, 0.717) is 35.5 Å². The molecule has 0 amide bonds. The molecule has 2 heteroatoms. The summed E-state index contributed by atoms with van der Waals surface area (Å²) in [6.07, 6.45) is 13.4. The van der Waals surface area contributed by atoms with Gasteiger partial charge in [-0.25, -0.2) is 0 Å². The highest BCUT2D eigenvalue weighted by Gasteiger charge is 2.30. The predicted molar refractivity (Wildman–Crippen MR) is 148 cm³/mol. The highest BCUT2D eigenvalue weighted by atomic mass is 16.1. The van der Waals surface area contributed by atoms with Crippen LogP contribution >= 0.6 is 0 Å². The lowest BCUT2D eigenvalue weighted by molar-refractivity contribution is 0.0955. The summed E-state index contributed by atoms with van der Waals surface area (Å²) < 4.78 is 0. The zero-order chi connectivity index (χ0) is 25.8. The monoisotopic (exact) mass is 480 g/mol. The molecule has 0 aliphatic heterocycles. The topological polar surface area (TPSA) is 34.1 Å². The molecular formula is C33H52O2. The normalized spacial score (nSPS) is 26.6. The number of Topliss-reactive ketones (excluding diaryl/α,β-unsaturated/α-hetero) is 2. The maximum Gasteiger partial charge on any atom is 0.163 e. The van der Waals surface area contributed by atoms with Gasteiger partial charge in [0.2, 0.25) is 0 Å². The maximum absolute atomic E-state index is 13.3. The molecule has 196 valence electrons. The zero-order valence-electron chi connectivity index (χ0n) is 23.8. The van der Waals surface area contributed by atoms with Crippen molar-refractivity contribution >= 4 is 11.6 Å². The van der Waals surface area contributed by atoms with Gasteiger partial charge in [-0.2, -0.15) is 0 Å². The fraction of sp³-hybridized carbons (Fsp3) is 0.758. The van der Waals surface area contributed by atoms with Gasteiger partial charge in [-0.05, 0) is 104 Å². The average Bonchev–Trinajstić information content (AvgIpc) is 3.13. The Morgan fingerprint density at radius 3 is 1.40 bits per heavy atom. The molecule has 0 aromatic heterocycles. The molecular weight excluding hydrogens is 428 g/mol. The number of benzene rings is 1. The van der Waals surface area contributed by atoms with E-state index in [1.165, 1.54) is 38.5 Å². The summed E-state index contributed by atoms with van der Waals surface area (Å²) >= 11 is 0. The van der Waals surface area contributed by atoms with E-state index in [0.717, 1.165) is 54.2 Å². The third kappa shape index (κ3) is 8.29. The van der Waals surface area contributed by atoms with Crippen LogP contribution in [-0.2, 0) is 0 Å². The second-order valence-corrected chi connectivity index (χ2v) is 14.2. The van der Waals surface area contributed by atoms with Crippen LogP contribution in [0.1, 0.15) is 145 Å². The Hall–Kier alpha value is -1.44. The first-order valence-corrected chi connectivity index (χ1v) is 14.5. The Labute approximate surface area is 216 Å². The van der Waals surface area contributed by atoms with Gasteiger partial charge in [0.15, 0.2) is 11.6 Å². The summed E-state index contributed by atoms with van der Waals surface area (Å²) in [7, 11) is 0. The molecule has 0 N–H and O–H groups in total. The van der Waals surface area contributed by atoms with E-state index < -0.39 is 0 Å². The minimum absolute atomic E-state index is 0.226. The van der Waals surface area contributed by atoms with E-state index in [1.807, 2.05) is 25.1 Å². The second kappa shape index (κ2) is 11.7. The highest BCUT2D eigenvalue weighted by Crippen LogP contribution is 2.40. The van der Waals surface area contributed by atoms with Crippen molar-refractivity contribution in [3.8, 4) is 0 Å². The molecule has 0 heterocycles. The van der Waals surface area contributed by atoms with Crippen LogP contribution in [-0.4, -0.2) is 11.6 Å². The third-order valence-corrected chi connectivity index (χ3v) is 9.30. The van der Waals surface area contributed by atoms with Crippen molar-refractivity contribution < 1.29 is 9.59 Å². The molecule has 4 atom stereocenters. The van der Waals surface area contributed by atoms with Crippen LogP contribution in [0.2, 0.25) is 0 Å². The first-order chi connectivity index (χ1) is 16.3. The molecule has 0 saturated heterocycles. The van der Waals surface area contributed by atoms with Crippen LogP contribution in [0.5, 0.6) is 0 Å². The first kappa shape index (κ1) is 28.1. The molecule has 2 saturated carbocycles. The van der Waals surface area contributed by atoms with Crippen LogP contribution < -0.4 is 0 Å². The molecule has 2 aliphatic carbocycles. The number of carbonyl (C=O) groups is 2. The standard InChI is InChI=1S/C33H52O2/c1-23-18-26(30(34)20-24-10-8-12-28(16-14-24)32(2,3)4)22-27(19-23)31(35)21-25-11-9-13-29(17-15-25)33(5,6)7/h18-19,22,24-25,28-29H,8-17,20-21H2,1-7H3. The molecule has 4 unspecified atom stereocenters. The van der Waals surface area contributed by atoms with Gasteiger partial charge in [0.25, 0.3) is 0 Å². The summed E-state index contributed by atoms with van der Waals surface area (Å²) in [6, 6.07) is 5.89. The van der Waals surface area contributed by atoms with Gasteiger partial charge in [-0.1, -0.05) is 67.2 Å². The van der Waals surface area contributed by atoms with Crippen molar-refractivity contribution in [3.63, 3.8) is 0 Å². The average molecular weight is 481 g/mol. The van der Waals surface area contributed by atoms with Crippen LogP contribution in [0.4, 0.5) is 0 Å². The number of carbonyl (C=O) groups excluding carboxylic acids is 2. The smallest absolute Gasteiger partial charge is 0.163 e. The maximum atomic E-state index is 13.3. The Kier molecular flexibility index (Phi) is 9.44. The van der Waals surface area contributed by atoms with Crippen LogP contribution in [0.3, 0.4) is 0 Å². The fourth-order valence-corrected chi connectivity index (χ4v) is 6.76. The predicted octanol–water partition coefficient (Wildman–Crippen LogP) is 9.63. The van der Waals surface area contributed by atoms with Gasteiger partial charge >= 0.3 is 0 Å². The lowest BCUT2D eigenvalue weighted by Gasteiger charge is -2.29. The Bertz CT molecular complexity index is 798. The Balaban J connectivity index is 1.61. The first-order valence-electron chi connectivity index (χ1n) is 14.5. The van der Waals surface area contributed by atoms with Crippen molar-refractivity contribution in [2.75, 3.05) is 0 Å². The number of aryl methyl sites for hydroxylation is 1. The van der Waals surface area contributed by atoms with Gasteiger partial charge in [0.05, 0.1) is 0 Å². The molecule has 2 aliphatic rings. The van der Waals surface area contributed by atoms with Crippen molar-refractivity contribution in [1.82, 2.24) is 0 Å². The van der Waals surface area contributed by atoms with Crippen molar-refractivity contribution in [1.29, 1.82) is 0 Å². The van der Waals surface area contributed by atoms with Crippen molar-refractivity contribution in [3.05, 3.63) is 34.9 Å². The number of hydrogen-bond donors (Lipinski definition) is 0. The summed E-state index contributed by atoms with van der Waals surface area (Å²) in [5.41, 5.74) is 3.24. The van der Waals surface area contributed by atoms with E-state index >= 15 is 0 Å². The third-order valence-electron chi connectivity index (χ3n) is 9.30. The highest BCUT2D eigenvalue weighted by molar-refractivity contribution is 6.01. The number of rotatable bonds is 6. The van der Waals surface area contributed by atoms with E-state index in [2.05, 4.69) is 41.5 Å². The summed E-state index contributed by atoms with van der Waals surface area (Å²) in [5, 5.41) is 0. The van der Waals surface area contributed by atoms with Gasteiger partial charge in [-0.15, -0.1) is 0 Å². The Morgan fingerprint density at radius 2 is 1.03 bits per heavy atom. The molecule has 0 bridgehead atoms. The van der Waals surface area contributed by atoms with Crippen LogP contribution in [0.25, 0.3) is 0 Å². The molecule has 1 aromatic rings. The molecule has 2 fully saturated rings. The summed E-state index contributed by atoms with van der Waals surface area (Å²) in [6.45, 7) is 16.1. The molecule has 1 aromatic carbocycles. The Morgan fingerprint density at radius 1 is 0.629 bits per heavy atom. The summed E-state index contributed by atoms with van der Waals surface area (Å²) in [5.74, 6) is 2.93. The van der Waals surface area contributed by atoms with Gasteiger partial charge in [0.1, 0.15) is 0 Å². The quantitative estimate of drug-likeness (QED) is 0.300. The van der Waals surface area contributed by atoms with E-state index in [4.69, 9.17) is 0 Å². The van der Waals surface area contributed by atoms with E-state index in [9.17, 15) is 9.59 Å². The molecule has 35 heavy (non-hydrogen) atoms. The molecule has 2 nitrogen and oxygen atoms in total. The van der Waals surface area contributed by atoms with E-state index in [1.54, 1.807) is 0 Å². The van der Waals surface area contributed by atoms with Crippen molar-refractivity contribution in [2.45, 2.75) is 126 Å². The second-order valence-electron chi connectivity index (χ2n) is 14.2. The lowest BCUT2D eigenvalue weighted by atomic mass is 9.76. The van der Waals surface area contributed by atoms with Gasteiger partial charge in [0, 0.05) is 24.0 Å². The lowest BCUT2D eigenvalue weighted by Crippen LogP contribution is -2.19. The van der Waals surface area contributed by atoms with Gasteiger partial charge < -0.3 is 0 Å². The minimum Gasteiger partial charge on any atom is -0.294 e.